The van der Waals surface area contributed by atoms with Gasteiger partial charge in [0.05, 0.1) is 0 Å². The Morgan fingerprint density at radius 3 is 2.72 bits per heavy atom. The first-order chi connectivity index (χ1) is 8.74. The fraction of sp³-hybridized carbons (Fsp3) is 0.500. The summed E-state index contributed by atoms with van der Waals surface area (Å²) in [7, 11) is 0. The molecule has 0 unspecified atom stereocenters. The number of H-pyrrole nitrogens is 1. The number of nitrogens with one attached hydrogen (secondary N) is 1. The lowest BCUT2D eigenvalue weighted by molar-refractivity contribution is 0.293. The van der Waals surface area contributed by atoms with Crippen molar-refractivity contribution in [2.75, 3.05) is 19.6 Å². The van der Waals surface area contributed by atoms with Crippen LogP contribution in [0.15, 0.2) is 24.4 Å². The van der Waals surface area contributed by atoms with E-state index in [1.54, 1.807) is 0 Å². The van der Waals surface area contributed by atoms with Crippen molar-refractivity contribution < 1.29 is 0 Å². The smallest absolute Gasteiger partial charge is 0.0459 e. The van der Waals surface area contributed by atoms with Gasteiger partial charge in [-0.25, -0.2) is 0 Å². The molecule has 2 heteroatoms. The van der Waals surface area contributed by atoms with Crippen LogP contribution in [0.25, 0.3) is 10.9 Å². The van der Waals surface area contributed by atoms with Gasteiger partial charge in [-0.15, -0.1) is 0 Å². The summed E-state index contributed by atoms with van der Waals surface area (Å²) in [6, 6.07) is 6.67. The molecule has 0 bridgehead atoms. The van der Waals surface area contributed by atoms with Crippen LogP contribution < -0.4 is 0 Å². The molecular formula is C16H24N2. The number of fused-ring (bicyclic) bond motifs is 1. The summed E-state index contributed by atoms with van der Waals surface area (Å²) in [5.74, 6) is 0. The standard InChI is InChI=1S/C16H24N2/c1-4-9-18(5-2)10-8-14-12-17-16-11-13(3)6-7-15(14)16/h6-7,11-12,17H,4-5,8-10H2,1-3H3. The Hall–Kier alpha value is -1.28. The average Bonchev–Trinajstić information content (AvgIpc) is 2.76. The number of rotatable bonds is 6. The maximum atomic E-state index is 3.38. The van der Waals surface area contributed by atoms with E-state index in [0.717, 1.165) is 19.5 Å². The second-order valence-electron chi connectivity index (χ2n) is 5.05. The Kier molecular flexibility index (Phi) is 4.43. The Morgan fingerprint density at radius 2 is 2.00 bits per heavy atom. The summed E-state index contributed by atoms with van der Waals surface area (Å²) in [6.45, 7) is 10.1. The van der Waals surface area contributed by atoms with Gasteiger partial charge >= 0.3 is 0 Å². The van der Waals surface area contributed by atoms with Gasteiger partial charge in [-0.2, -0.15) is 0 Å². The SMILES string of the molecule is CCCN(CC)CCc1c[nH]c2cc(C)ccc12. The minimum absolute atomic E-state index is 1.14. The van der Waals surface area contributed by atoms with E-state index in [1.807, 2.05) is 0 Å². The zero-order valence-corrected chi connectivity index (χ0v) is 11.8. The van der Waals surface area contributed by atoms with Crippen LogP contribution in [0.1, 0.15) is 31.4 Å². The molecule has 2 rings (SSSR count). The molecule has 0 aliphatic rings. The number of hydrogen-bond acceptors (Lipinski definition) is 1. The third-order valence-electron chi connectivity index (χ3n) is 3.61. The topological polar surface area (TPSA) is 19.0 Å². The first-order valence-electron chi connectivity index (χ1n) is 7.03. The molecule has 0 radical (unpaired) electrons. The zero-order valence-electron chi connectivity index (χ0n) is 11.8. The van der Waals surface area contributed by atoms with Crippen molar-refractivity contribution in [3.05, 3.63) is 35.5 Å². The highest BCUT2D eigenvalue weighted by Crippen LogP contribution is 2.20. The molecule has 0 aliphatic carbocycles. The van der Waals surface area contributed by atoms with Gasteiger partial charge < -0.3 is 9.88 Å². The Balaban J connectivity index is 2.07. The molecule has 1 N–H and O–H groups in total. The largest absolute Gasteiger partial charge is 0.361 e. The molecule has 1 aromatic heterocycles. The fourth-order valence-electron chi connectivity index (χ4n) is 2.53. The van der Waals surface area contributed by atoms with Crippen molar-refractivity contribution in [2.24, 2.45) is 0 Å². The molecule has 98 valence electrons. The van der Waals surface area contributed by atoms with Crippen LogP contribution in [0.4, 0.5) is 0 Å². The third kappa shape index (κ3) is 2.94. The number of nitrogens with zero attached hydrogens (tertiary/aromatic N) is 1. The lowest BCUT2D eigenvalue weighted by Gasteiger charge is -2.18. The van der Waals surface area contributed by atoms with Crippen molar-refractivity contribution in [3.8, 4) is 0 Å². The molecule has 0 aliphatic heterocycles. The van der Waals surface area contributed by atoms with E-state index in [0.29, 0.717) is 0 Å². The van der Waals surface area contributed by atoms with E-state index in [9.17, 15) is 0 Å². The summed E-state index contributed by atoms with van der Waals surface area (Å²) in [5, 5.41) is 1.38. The predicted molar refractivity (Wildman–Crippen MR) is 79.1 cm³/mol. The minimum Gasteiger partial charge on any atom is -0.361 e. The van der Waals surface area contributed by atoms with Crippen LogP contribution in [-0.4, -0.2) is 29.5 Å². The normalized spacial score (nSPS) is 11.6. The number of aromatic amines is 1. The highest BCUT2D eigenvalue weighted by molar-refractivity contribution is 5.83. The number of aryl methyl sites for hydroxylation is 1. The molecule has 0 saturated carbocycles. The average molecular weight is 244 g/mol. The van der Waals surface area contributed by atoms with Gasteiger partial charge in [-0.3, -0.25) is 0 Å². The molecule has 0 atom stereocenters. The van der Waals surface area contributed by atoms with Crippen molar-refractivity contribution in [1.82, 2.24) is 9.88 Å². The van der Waals surface area contributed by atoms with Crippen LogP contribution >= 0.6 is 0 Å². The van der Waals surface area contributed by atoms with Gasteiger partial charge in [-0.05, 0) is 50.0 Å². The van der Waals surface area contributed by atoms with E-state index in [-0.39, 0.29) is 0 Å². The van der Waals surface area contributed by atoms with Crippen molar-refractivity contribution in [3.63, 3.8) is 0 Å². The Bertz CT molecular complexity index is 499. The fourth-order valence-corrected chi connectivity index (χ4v) is 2.53. The van der Waals surface area contributed by atoms with Gasteiger partial charge in [0, 0.05) is 23.6 Å². The molecule has 0 saturated heterocycles. The van der Waals surface area contributed by atoms with Crippen molar-refractivity contribution in [2.45, 2.75) is 33.6 Å². The molecule has 2 nitrogen and oxygen atoms in total. The van der Waals surface area contributed by atoms with Crippen LogP contribution in [0.3, 0.4) is 0 Å². The maximum absolute atomic E-state index is 3.38. The molecule has 1 aromatic carbocycles. The van der Waals surface area contributed by atoms with E-state index >= 15 is 0 Å². The van der Waals surface area contributed by atoms with Gasteiger partial charge in [0.15, 0.2) is 0 Å². The van der Waals surface area contributed by atoms with E-state index in [2.05, 4.69) is 55.1 Å². The Morgan fingerprint density at radius 1 is 1.17 bits per heavy atom. The van der Waals surface area contributed by atoms with Crippen LogP contribution in [0, 0.1) is 6.92 Å². The molecule has 1 heterocycles. The zero-order chi connectivity index (χ0) is 13.0. The van der Waals surface area contributed by atoms with E-state index < -0.39 is 0 Å². The second-order valence-corrected chi connectivity index (χ2v) is 5.05. The number of aromatic nitrogens is 1. The van der Waals surface area contributed by atoms with Gasteiger partial charge in [0.25, 0.3) is 0 Å². The van der Waals surface area contributed by atoms with Gasteiger partial charge in [0.1, 0.15) is 0 Å². The molecule has 0 fully saturated rings. The quantitative estimate of drug-likeness (QED) is 0.820. The second kappa shape index (κ2) is 6.05. The van der Waals surface area contributed by atoms with Gasteiger partial charge in [0.2, 0.25) is 0 Å². The molecule has 0 spiro atoms. The highest BCUT2D eigenvalue weighted by atomic mass is 15.1. The summed E-state index contributed by atoms with van der Waals surface area (Å²) in [5.41, 5.74) is 4.03. The highest BCUT2D eigenvalue weighted by Gasteiger charge is 2.06. The Labute approximate surface area is 110 Å². The summed E-state index contributed by atoms with van der Waals surface area (Å²) in [6.07, 6.45) is 4.54. The lowest BCUT2D eigenvalue weighted by atomic mass is 10.1. The number of hydrogen-bond donors (Lipinski definition) is 1. The van der Waals surface area contributed by atoms with Crippen molar-refractivity contribution >= 4 is 10.9 Å². The monoisotopic (exact) mass is 244 g/mol. The van der Waals surface area contributed by atoms with Crippen LogP contribution in [0.2, 0.25) is 0 Å². The first-order valence-corrected chi connectivity index (χ1v) is 7.03. The number of likely N-dealkylation sites (N-methyl/N-ethyl adjacent to an activating group) is 1. The predicted octanol–water partition coefficient (Wildman–Crippen LogP) is 3.75. The van der Waals surface area contributed by atoms with E-state index in [1.165, 1.54) is 35.0 Å². The van der Waals surface area contributed by atoms with Gasteiger partial charge in [-0.1, -0.05) is 26.0 Å². The minimum atomic E-state index is 1.14. The first kappa shape index (κ1) is 13.2. The summed E-state index contributed by atoms with van der Waals surface area (Å²) >= 11 is 0. The molecule has 18 heavy (non-hydrogen) atoms. The van der Waals surface area contributed by atoms with Crippen LogP contribution in [-0.2, 0) is 6.42 Å². The third-order valence-corrected chi connectivity index (χ3v) is 3.61. The van der Waals surface area contributed by atoms with Crippen molar-refractivity contribution in [1.29, 1.82) is 0 Å². The molecule has 0 amide bonds. The lowest BCUT2D eigenvalue weighted by Crippen LogP contribution is -2.26. The summed E-state index contributed by atoms with van der Waals surface area (Å²) < 4.78 is 0. The molecule has 2 aromatic rings. The van der Waals surface area contributed by atoms with Crippen LogP contribution in [0.5, 0.6) is 0 Å². The molecular weight excluding hydrogens is 220 g/mol. The maximum Gasteiger partial charge on any atom is 0.0459 e. The number of benzene rings is 1. The van der Waals surface area contributed by atoms with E-state index in [4.69, 9.17) is 0 Å². The summed E-state index contributed by atoms with van der Waals surface area (Å²) in [4.78, 5) is 5.91.